The second kappa shape index (κ2) is 14.3. The number of aryl methyl sites for hydroxylation is 2. The van der Waals surface area contributed by atoms with E-state index in [9.17, 15) is 44.3 Å². The average molecular weight is 738 g/mol. The highest BCUT2D eigenvalue weighted by molar-refractivity contribution is 7.99. The number of thioether (sulfide) groups is 1. The molecule has 6 bridgehead atoms. The minimum Gasteiger partial charge on any atom is -0.493 e. The van der Waals surface area contributed by atoms with Crippen LogP contribution in [-0.4, -0.2) is 64.2 Å². The van der Waals surface area contributed by atoms with E-state index in [0.717, 1.165) is 10.6 Å². The van der Waals surface area contributed by atoms with E-state index in [0.29, 0.717) is 46.1 Å². The summed E-state index contributed by atoms with van der Waals surface area (Å²) in [5.74, 6) is -4.36. The molecule has 1 aliphatic rings. The van der Waals surface area contributed by atoms with E-state index in [1.165, 1.54) is 12.4 Å². The lowest BCUT2D eigenvalue weighted by atomic mass is 10.2. The second-order valence-electron chi connectivity index (χ2n) is 9.61. The summed E-state index contributed by atoms with van der Waals surface area (Å²) in [5.41, 5.74) is 1.66. The van der Waals surface area contributed by atoms with Gasteiger partial charge in [0.1, 0.15) is 16.6 Å². The zero-order chi connectivity index (χ0) is 35.4. The Kier molecular flexibility index (Phi) is 10.8. The molecule has 0 amide bonds. The molecule has 0 aliphatic carbocycles. The monoisotopic (exact) mass is 737 g/mol. The SMILES string of the molecule is Cc1nc(S(=O)(=O)Nc2cc3cc(c2)OCCSc2cccc(c2)Nc2nc(ncc2Cl)N3)cn1C.O=C(C(=O)C(F)(F)F)C(F)(F)F. The van der Waals surface area contributed by atoms with Gasteiger partial charge in [0.25, 0.3) is 10.0 Å². The van der Waals surface area contributed by atoms with Crippen LogP contribution in [0, 0.1) is 6.92 Å². The Bertz CT molecular complexity index is 1910. The number of imidazole rings is 1. The highest BCUT2D eigenvalue weighted by Gasteiger charge is 2.54. The number of sulfonamides is 1. The Morgan fingerprint density at radius 1 is 1.00 bits per heavy atom. The number of hydrogen-bond donors (Lipinski definition) is 3. The molecule has 3 N–H and O–H groups in total. The maximum Gasteiger partial charge on any atom is 0.458 e. The van der Waals surface area contributed by atoms with Crippen molar-refractivity contribution < 1.29 is 49.1 Å². The smallest absolute Gasteiger partial charge is 0.458 e. The molecule has 0 saturated carbocycles. The number of halogens is 7. The topological polar surface area (TPSA) is 157 Å². The van der Waals surface area contributed by atoms with Gasteiger partial charge in [0.05, 0.1) is 18.5 Å². The first-order valence-corrected chi connectivity index (χ1v) is 16.0. The first kappa shape index (κ1) is 36.3. The van der Waals surface area contributed by atoms with E-state index in [4.69, 9.17) is 16.3 Å². The Balaban J connectivity index is 0.000000371. The number of Topliss-reactive ketones (excluding diaryl/α,β-unsaturated/α-hetero) is 2. The number of benzene rings is 2. The van der Waals surface area contributed by atoms with Gasteiger partial charge in [-0.2, -0.15) is 39.7 Å². The minimum atomic E-state index is -5.77. The Labute approximate surface area is 277 Å². The number of aromatic nitrogens is 4. The van der Waals surface area contributed by atoms with Crippen LogP contribution < -0.4 is 20.1 Å². The van der Waals surface area contributed by atoms with Crippen LogP contribution >= 0.6 is 23.4 Å². The molecule has 4 aromatic rings. The molecule has 2 aromatic heterocycles. The van der Waals surface area contributed by atoms with Crippen LogP contribution in [0.25, 0.3) is 0 Å². The summed E-state index contributed by atoms with van der Waals surface area (Å²) in [5, 5.41) is 6.62. The van der Waals surface area contributed by atoms with E-state index < -0.39 is 33.9 Å². The predicted molar refractivity (Wildman–Crippen MR) is 164 cm³/mol. The second-order valence-corrected chi connectivity index (χ2v) is 12.8. The number of alkyl halides is 6. The lowest BCUT2D eigenvalue weighted by Crippen LogP contribution is -2.39. The van der Waals surface area contributed by atoms with Crippen molar-refractivity contribution in [3.05, 3.63) is 65.7 Å². The Morgan fingerprint density at radius 3 is 2.31 bits per heavy atom. The molecular formula is C27H22ClF6N7O5S2. The summed E-state index contributed by atoms with van der Waals surface area (Å²) in [7, 11) is -2.18. The molecule has 0 spiro atoms. The average Bonchev–Trinajstić information content (AvgIpc) is 3.34. The number of carbonyl (C=O) groups is 2. The van der Waals surface area contributed by atoms with E-state index >= 15 is 0 Å². The van der Waals surface area contributed by atoms with Gasteiger partial charge in [0.2, 0.25) is 5.95 Å². The Morgan fingerprint density at radius 2 is 1.69 bits per heavy atom. The summed E-state index contributed by atoms with van der Waals surface area (Å²) in [4.78, 5) is 33.2. The first-order valence-electron chi connectivity index (χ1n) is 13.1. The van der Waals surface area contributed by atoms with Crippen molar-refractivity contribution in [2.75, 3.05) is 27.7 Å². The number of rotatable bonds is 4. The van der Waals surface area contributed by atoms with E-state index in [2.05, 4.69) is 30.3 Å². The molecule has 21 heteroatoms. The van der Waals surface area contributed by atoms with Crippen molar-refractivity contribution in [3.63, 3.8) is 0 Å². The Hall–Kier alpha value is -4.56. The van der Waals surface area contributed by atoms with Crippen LogP contribution in [-0.2, 0) is 26.7 Å². The van der Waals surface area contributed by atoms with Gasteiger partial charge in [-0.15, -0.1) is 11.8 Å². The predicted octanol–water partition coefficient (Wildman–Crippen LogP) is 6.19. The highest BCUT2D eigenvalue weighted by Crippen LogP contribution is 2.31. The fourth-order valence-electron chi connectivity index (χ4n) is 3.70. The zero-order valence-corrected chi connectivity index (χ0v) is 26.8. The normalized spacial score (nSPS) is 13.3. The largest absolute Gasteiger partial charge is 0.493 e. The summed E-state index contributed by atoms with van der Waals surface area (Å²) >= 11 is 7.96. The number of ketones is 2. The molecule has 0 saturated heterocycles. The summed E-state index contributed by atoms with van der Waals surface area (Å²) in [6.07, 6.45) is -8.59. The standard InChI is InChI=1S/C23H22ClN7O3S2.C4F6O2/c1-14-26-21(13-31(14)2)36(32,33)30-17-8-16-9-18(10-17)34-6-7-35-19-5-3-4-15(11-19)27-22-20(24)12-25-23(28-16)29-22;5-3(6,7)1(11)2(12)4(8,9)10/h3-5,8-13,30H,6-7H2,1-2H3,(H2,25,27,28,29);. The van der Waals surface area contributed by atoms with Gasteiger partial charge < -0.3 is 19.9 Å². The van der Waals surface area contributed by atoms with Crippen molar-refractivity contribution in [1.29, 1.82) is 0 Å². The van der Waals surface area contributed by atoms with Gasteiger partial charge in [-0.3, -0.25) is 14.3 Å². The molecule has 2 aromatic carbocycles. The third-order valence-electron chi connectivity index (χ3n) is 5.96. The van der Waals surface area contributed by atoms with Gasteiger partial charge in [-0.25, -0.2) is 9.97 Å². The van der Waals surface area contributed by atoms with Gasteiger partial charge in [0.15, 0.2) is 10.8 Å². The van der Waals surface area contributed by atoms with E-state index in [1.807, 2.05) is 24.3 Å². The van der Waals surface area contributed by atoms with Crippen molar-refractivity contribution >= 4 is 73.8 Å². The van der Waals surface area contributed by atoms with Crippen molar-refractivity contribution in [2.45, 2.75) is 29.2 Å². The molecule has 0 unspecified atom stereocenters. The number of ether oxygens (including phenoxy) is 1. The van der Waals surface area contributed by atoms with Crippen LogP contribution in [0.2, 0.25) is 5.02 Å². The quantitative estimate of drug-likeness (QED) is 0.162. The number of nitrogens with one attached hydrogen (secondary N) is 3. The van der Waals surface area contributed by atoms with Crippen molar-refractivity contribution in [1.82, 2.24) is 19.5 Å². The van der Waals surface area contributed by atoms with Gasteiger partial charge in [-0.1, -0.05) is 17.7 Å². The van der Waals surface area contributed by atoms with Crippen molar-refractivity contribution in [3.8, 4) is 5.75 Å². The maximum atomic E-state index is 13.0. The summed E-state index contributed by atoms with van der Waals surface area (Å²) < 4.78 is 103. The third-order valence-corrected chi connectivity index (χ3v) is 8.45. The van der Waals surface area contributed by atoms with Crippen LogP contribution in [0.4, 0.5) is 55.2 Å². The molecule has 12 nitrogen and oxygen atoms in total. The molecule has 5 rings (SSSR count). The fourth-order valence-corrected chi connectivity index (χ4v) is 5.71. The molecule has 1 aliphatic heterocycles. The first-order chi connectivity index (χ1) is 22.3. The van der Waals surface area contributed by atoms with Crippen LogP contribution in [0.15, 0.2) is 64.8 Å². The number of nitrogens with zero attached hydrogens (tertiary/aromatic N) is 4. The van der Waals surface area contributed by atoms with Crippen LogP contribution in [0.5, 0.6) is 5.75 Å². The lowest BCUT2D eigenvalue weighted by Gasteiger charge is -2.14. The molecule has 0 radical (unpaired) electrons. The molecule has 0 fully saturated rings. The number of carbonyl (C=O) groups excluding carboxylic acids is 2. The van der Waals surface area contributed by atoms with E-state index in [-0.39, 0.29) is 11.0 Å². The number of hydrogen-bond acceptors (Lipinski definition) is 11. The van der Waals surface area contributed by atoms with E-state index in [1.54, 1.807) is 48.5 Å². The van der Waals surface area contributed by atoms with Crippen LogP contribution in [0.1, 0.15) is 5.82 Å². The number of anilines is 5. The summed E-state index contributed by atoms with van der Waals surface area (Å²) in [6, 6.07) is 12.9. The summed E-state index contributed by atoms with van der Waals surface area (Å²) in [6.45, 7) is 2.14. The van der Waals surface area contributed by atoms with Gasteiger partial charge in [-0.05, 0) is 31.2 Å². The molecule has 48 heavy (non-hydrogen) atoms. The molecular weight excluding hydrogens is 716 g/mol. The fraction of sp³-hybridized carbons (Fsp3) is 0.222. The van der Waals surface area contributed by atoms with Gasteiger partial charge in [0, 0.05) is 47.4 Å². The molecule has 3 heterocycles. The third kappa shape index (κ3) is 9.50. The van der Waals surface area contributed by atoms with Crippen molar-refractivity contribution in [2.24, 2.45) is 7.05 Å². The maximum absolute atomic E-state index is 13.0. The van der Waals surface area contributed by atoms with Gasteiger partial charge >= 0.3 is 23.9 Å². The highest BCUT2D eigenvalue weighted by atomic mass is 35.5. The number of fused-ring (bicyclic) bond motifs is 6. The zero-order valence-electron chi connectivity index (χ0n) is 24.4. The van der Waals surface area contributed by atoms with Crippen LogP contribution in [0.3, 0.4) is 0 Å². The molecule has 0 atom stereocenters. The lowest BCUT2D eigenvalue weighted by molar-refractivity contribution is -0.193. The molecule has 256 valence electrons. The minimum absolute atomic E-state index is 0.0726.